The van der Waals surface area contributed by atoms with Crippen molar-refractivity contribution >= 4 is 21.6 Å². The zero-order valence-corrected chi connectivity index (χ0v) is 19.0. The van der Waals surface area contributed by atoms with Crippen LogP contribution in [0, 0.1) is 11.8 Å². The molecule has 0 aliphatic carbocycles. The number of halogens is 3. The number of benzene rings is 1. The number of carbonyl (C=O) groups is 1. The maximum atomic E-state index is 12.9. The highest BCUT2D eigenvalue weighted by Gasteiger charge is 2.34. The Morgan fingerprint density at radius 3 is 2.38 bits per heavy atom. The second kappa shape index (κ2) is 9.78. The SMILES string of the molecule is CC1CC(C)CN(C(=O)CON=C2CCN(S(=O)(=O)c3cccc(C(F)(F)F)c3)CC2)C1. The summed E-state index contributed by atoms with van der Waals surface area (Å²) in [6.45, 7) is 5.61. The molecule has 2 fully saturated rings. The fraction of sp³-hybridized carbons (Fsp3) is 0.619. The van der Waals surface area contributed by atoms with Crippen LogP contribution in [0.5, 0.6) is 0 Å². The predicted octanol–water partition coefficient (Wildman–Crippen LogP) is 3.37. The van der Waals surface area contributed by atoms with Crippen LogP contribution in [0.4, 0.5) is 13.2 Å². The Morgan fingerprint density at radius 1 is 1.16 bits per heavy atom. The molecule has 1 aromatic rings. The number of amides is 1. The number of likely N-dealkylation sites (tertiary alicyclic amines) is 1. The molecule has 0 spiro atoms. The van der Waals surface area contributed by atoms with Gasteiger partial charge < -0.3 is 9.74 Å². The van der Waals surface area contributed by atoms with Gasteiger partial charge in [-0.05, 0) is 36.5 Å². The highest BCUT2D eigenvalue weighted by Crippen LogP contribution is 2.31. The van der Waals surface area contributed by atoms with Crippen molar-refractivity contribution in [1.82, 2.24) is 9.21 Å². The van der Waals surface area contributed by atoms with Crippen LogP contribution in [0.1, 0.15) is 38.7 Å². The quantitative estimate of drug-likeness (QED) is 0.612. The van der Waals surface area contributed by atoms with Gasteiger partial charge in [0.1, 0.15) is 0 Å². The molecule has 3 rings (SSSR count). The molecular formula is C21H28F3N3O4S. The summed E-state index contributed by atoms with van der Waals surface area (Å²) in [5.74, 6) is 0.756. The van der Waals surface area contributed by atoms with Gasteiger partial charge in [-0.2, -0.15) is 17.5 Å². The summed E-state index contributed by atoms with van der Waals surface area (Å²) in [4.78, 5) is 18.9. The van der Waals surface area contributed by atoms with Gasteiger partial charge in [-0.1, -0.05) is 25.1 Å². The first-order valence-corrected chi connectivity index (χ1v) is 12.0. The molecule has 1 amide bonds. The molecule has 2 saturated heterocycles. The number of carbonyl (C=O) groups excluding carboxylic acids is 1. The van der Waals surface area contributed by atoms with E-state index >= 15 is 0 Å². The maximum absolute atomic E-state index is 12.9. The van der Waals surface area contributed by atoms with E-state index in [1.165, 1.54) is 0 Å². The van der Waals surface area contributed by atoms with Gasteiger partial charge in [0.2, 0.25) is 10.0 Å². The zero-order chi connectivity index (χ0) is 23.5. The van der Waals surface area contributed by atoms with Gasteiger partial charge in [0.15, 0.2) is 6.61 Å². The summed E-state index contributed by atoms with van der Waals surface area (Å²) in [6, 6.07) is 3.73. The minimum Gasteiger partial charge on any atom is -0.386 e. The van der Waals surface area contributed by atoms with Crippen LogP contribution < -0.4 is 0 Å². The first-order chi connectivity index (χ1) is 15.0. The number of rotatable bonds is 5. The van der Waals surface area contributed by atoms with Crippen molar-refractivity contribution in [3.05, 3.63) is 29.8 Å². The van der Waals surface area contributed by atoms with Gasteiger partial charge in [-0.25, -0.2) is 8.42 Å². The minimum absolute atomic E-state index is 0.0792. The normalized spacial score (nSPS) is 23.2. The zero-order valence-electron chi connectivity index (χ0n) is 18.1. The summed E-state index contributed by atoms with van der Waals surface area (Å²) in [6.07, 6.45) is -2.96. The molecule has 2 aliphatic heterocycles. The van der Waals surface area contributed by atoms with Crippen LogP contribution in [-0.2, 0) is 25.8 Å². The fourth-order valence-corrected chi connectivity index (χ4v) is 5.68. The standard InChI is InChI=1S/C21H28F3N3O4S/c1-15-10-16(2)13-26(12-15)20(28)14-31-25-18-6-8-27(9-7-18)32(29,30)19-5-3-4-17(11-19)21(22,23)24/h3-5,11,15-16H,6-10,12-14H2,1-2H3. The van der Waals surface area contributed by atoms with Crippen LogP contribution in [0.15, 0.2) is 34.3 Å². The summed E-state index contributed by atoms with van der Waals surface area (Å²) in [5, 5.41) is 3.99. The summed E-state index contributed by atoms with van der Waals surface area (Å²) >= 11 is 0. The summed E-state index contributed by atoms with van der Waals surface area (Å²) < 4.78 is 65.4. The molecular weight excluding hydrogens is 447 g/mol. The minimum atomic E-state index is -4.62. The van der Waals surface area contributed by atoms with E-state index in [0.29, 0.717) is 36.7 Å². The Morgan fingerprint density at radius 2 is 1.78 bits per heavy atom. The van der Waals surface area contributed by atoms with E-state index in [2.05, 4.69) is 19.0 Å². The van der Waals surface area contributed by atoms with E-state index in [9.17, 15) is 26.4 Å². The molecule has 11 heteroatoms. The number of hydrogen-bond donors (Lipinski definition) is 0. The number of oxime groups is 1. The largest absolute Gasteiger partial charge is 0.416 e. The molecule has 32 heavy (non-hydrogen) atoms. The fourth-order valence-electron chi connectivity index (χ4n) is 4.19. The lowest BCUT2D eigenvalue weighted by Crippen LogP contribution is -2.44. The van der Waals surface area contributed by atoms with Crippen molar-refractivity contribution in [2.24, 2.45) is 17.0 Å². The molecule has 2 unspecified atom stereocenters. The van der Waals surface area contributed by atoms with Crippen molar-refractivity contribution in [1.29, 1.82) is 0 Å². The number of piperidine rings is 2. The number of nitrogens with zero attached hydrogens (tertiary/aromatic N) is 3. The first kappa shape index (κ1) is 24.5. The Kier molecular flexibility index (Phi) is 7.49. The third-order valence-corrected chi connectivity index (χ3v) is 7.60. The highest BCUT2D eigenvalue weighted by atomic mass is 32.2. The van der Waals surface area contributed by atoms with Gasteiger partial charge in [-0.15, -0.1) is 0 Å². The Bertz CT molecular complexity index is 945. The van der Waals surface area contributed by atoms with Gasteiger partial charge in [0.25, 0.3) is 5.91 Å². The molecule has 0 saturated carbocycles. The molecule has 178 valence electrons. The van der Waals surface area contributed by atoms with E-state index < -0.39 is 21.8 Å². The molecule has 2 aliphatic rings. The van der Waals surface area contributed by atoms with Gasteiger partial charge in [0.05, 0.1) is 16.2 Å². The Balaban J connectivity index is 1.53. The Hall–Kier alpha value is -2.14. The smallest absolute Gasteiger partial charge is 0.386 e. The van der Waals surface area contributed by atoms with E-state index in [1.807, 2.05) is 0 Å². The van der Waals surface area contributed by atoms with E-state index in [4.69, 9.17) is 4.84 Å². The van der Waals surface area contributed by atoms with Crippen LogP contribution in [-0.4, -0.2) is 62.0 Å². The number of sulfonamides is 1. The second-order valence-corrected chi connectivity index (χ2v) is 10.5. The third-order valence-electron chi connectivity index (χ3n) is 5.70. The van der Waals surface area contributed by atoms with Crippen molar-refractivity contribution in [2.75, 3.05) is 32.8 Å². The highest BCUT2D eigenvalue weighted by molar-refractivity contribution is 7.89. The van der Waals surface area contributed by atoms with Gasteiger partial charge >= 0.3 is 6.18 Å². The van der Waals surface area contributed by atoms with E-state index in [1.54, 1.807) is 4.90 Å². The number of alkyl halides is 3. The predicted molar refractivity (Wildman–Crippen MR) is 112 cm³/mol. The maximum Gasteiger partial charge on any atom is 0.416 e. The lowest BCUT2D eigenvalue weighted by atomic mass is 9.92. The van der Waals surface area contributed by atoms with Crippen molar-refractivity contribution in [2.45, 2.75) is 44.2 Å². The lowest BCUT2D eigenvalue weighted by Gasteiger charge is -2.34. The van der Waals surface area contributed by atoms with Crippen molar-refractivity contribution in [3.8, 4) is 0 Å². The van der Waals surface area contributed by atoms with Gasteiger partial charge in [-0.3, -0.25) is 4.79 Å². The molecule has 0 radical (unpaired) electrons. The molecule has 1 aromatic carbocycles. The van der Waals surface area contributed by atoms with E-state index in [0.717, 1.165) is 28.9 Å². The Labute approximate surface area is 186 Å². The average Bonchev–Trinajstić information content (AvgIpc) is 2.73. The van der Waals surface area contributed by atoms with Gasteiger partial charge in [0, 0.05) is 39.0 Å². The molecule has 0 aromatic heterocycles. The number of hydrogen-bond acceptors (Lipinski definition) is 5. The molecule has 2 heterocycles. The first-order valence-electron chi connectivity index (χ1n) is 10.6. The average molecular weight is 476 g/mol. The molecule has 0 N–H and O–H groups in total. The lowest BCUT2D eigenvalue weighted by molar-refractivity contribution is -0.139. The van der Waals surface area contributed by atoms with E-state index in [-0.39, 0.29) is 43.3 Å². The third kappa shape index (κ3) is 6.00. The molecule has 7 nitrogen and oxygen atoms in total. The van der Waals surface area contributed by atoms with Crippen LogP contribution in [0.3, 0.4) is 0 Å². The summed E-state index contributed by atoms with van der Waals surface area (Å²) in [5.41, 5.74) is -0.387. The van der Waals surface area contributed by atoms with Crippen LogP contribution in [0.2, 0.25) is 0 Å². The van der Waals surface area contributed by atoms with Crippen molar-refractivity contribution in [3.63, 3.8) is 0 Å². The second-order valence-electron chi connectivity index (χ2n) is 8.61. The van der Waals surface area contributed by atoms with Crippen LogP contribution in [0.25, 0.3) is 0 Å². The topological polar surface area (TPSA) is 79.3 Å². The monoisotopic (exact) mass is 475 g/mol. The summed E-state index contributed by atoms with van der Waals surface area (Å²) in [7, 11) is -4.05. The van der Waals surface area contributed by atoms with Crippen LogP contribution >= 0.6 is 0 Å². The van der Waals surface area contributed by atoms with Crippen molar-refractivity contribution < 1.29 is 31.2 Å². The molecule has 2 atom stereocenters. The molecule has 0 bridgehead atoms.